The second-order valence-electron chi connectivity index (χ2n) is 3.58. The number of benzene rings is 1. The predicted molar refractivity (Wildman–Crippen MR) is 71.3 cm³/mol. The number of carbonyl (C=O) groups is 1. The summed E-state index contributed by atoms with van der Waals surface area (Å²) in [5.74, 6) is -0.0828. The van der Waals surface area contributed by atoms with Gasteiger partial charge in [0.1, 0.15) is 0 Å². The molecule has 1 aromatic rings. The Kier molecular flexibility index (Phi) is 6.04. The highest BCUT2D eigenvalue weighted by atomic mass is 32.2. The lowest BCUT2D eigenvalue weighted by Gasteiger charge is -2.12. The molecule has 0 heterocycles. The zero-order valence-electron chi connectivity index (χ0n) is 10.1. The summed E-state index contributed by atoms with van der Waals surface area (Å²) in [6, 6.07) is 7.71. The van der Waals surface area contributed by atoms with E-state index in [1.165, 1.54) is 0 Å². The number of amides is 1. The maximum absolute atomic E-state index is 11.7. The number of ether oxygens (including phenoxy) is 1. The second-order valence-corrected chi connectivity index (χ2v) is 4.46. The largest absolute Gasteiger partial charge is 0.380 e. The normalized spacial score (nSPS) is 12.2. The minimum Gasteiger partial charge on any atom is -0.380 e. The summed E-state index contributed by atoms with van der Waals surface area (Å²) < 4.78 is 5.06. The monoisotopic (exact) mass is 254 g/mol. The smallest absolute Gasteiger partial charge is 0.227 e. The van der Waals surface area contributed by atoms with Gasteiger partial charge in [-0.2, -0.15) is 0 Å². The summed E-state index contributed by atoms with van der Waals surface area (Å²) in [4.78, 5) is 12.8. The minimum absolute atomic E-state index is 0.0828. The van der Waals surface area contributed by atoms with Gasteiger partial charge in [-0.25, -0.2) is 0 Å². The van der Waals surface area contributed by atoms with E-state index in [1.54, 1.807) is 18.9 Å². The van der Waals surface area contributed by atoms with E-state index in [2.05, 4.69) is 5.32 Å². The van der Waals surface area contributed by atoms with E-state index in [-0.39, 0.29) is 18.4 Å². The third kappa shape index (κ3) is 4.77. The van der Waals surface area contributed by atoms with Gasteiger partial charge in [-0.15, -0.1) is 11.8 Å². The number of carbonyl (C=O) groups excluding carboxylic acids is 1. The predicted octanol–water partition coefficient (Wildman–Crippen LogP) is 1.71. The van der Waals surface area contributed by atoms with Crippen molar-refractivity contribution in [1.29, 1.82) is 0 Å². The number of hydrogen-bond donors (Lipinski definition) is 2. The Bertz CT molecular complexity index is 367. The van der Waals surface area contributed by atoms with Crippen molar-refractivity contribution in [2.45, 2.75) is 17.4 Å². The molecule has 1 rings (SSSR count). The molecule has 3 N–H and O–H groups in total. The first-order valence-electron chi connectivity index (χ1n) is 5.36. The van der Waals surface area contributed by atoms with Crippen LogP contribution in [-0.4, -0.2) is 31.9 Å². The number of rotatable bonds is 6. The van der Waals surface area contributed by atoms with Gasteiger partial charge in [-0.05, 0) is 24.5 Å². The minimum atomic E-state index is -0.223. The fourth-order valence-electron chi connectivity index (χ4n) is 1.38. The highest BCUT2D eigenvalue weighted by Gasteiger charge is 2.11. The van der Waals surface area contributed by atoms with Crippen LogP contribution in [0.5, 0.6) is 0 Å². The third-order valence-electron chi connectivity index (χ3n) is 2.36. The standard InChI is InChI=1S/C12H18N2O2S/c1-16-10(8-13)7-12(15)14-9-4-3-5-11(6-9)17-2/h3-6,10H,7-8,13H2,1-2H3,(H,14,15). The topological polar surface area (TPSA) is 64.3 Å². The molecule has 94 valence electrons. The van der Waals surface area contributed by atoms with E-state index in [0.29, 0.717) is 6.54 Å². The fraction of sp³-hybridized carbons (Fsp3) is 0.417. The molecule has 0 aliphatic heterocycles. The molecule has 1 aromatic carbocycles. The van der Waals surface area contributed by atoms with Gasteiger partial charge in [0.25, 0.3) is 0 Å². The van der Waals surface area contributed by atoms with Crippen LogP contribution in [0.4, 0.5) is 5.69 Å². The van der Waals surface area contributed by atoms with Crippen molar-refractivity contribution in [3.8, 4) is 0 Å². The molecular formula is C12H18N2O2S. The number of methoxy groups -OCH3 is 1. The maximum atomic E-state index is 11.7. The lowest BCUT2D eigenvalue weighted by molar-refractivity contribution is -0.118. The Morgan fingerprint density at radius 3 is 2.94 bits per heavy atom. The van der Waals surface area contributed by atoms with Gasteiger partial charge in [0.15, 0.2) is 0 Å². The zero-order valence-corrected chi connectivity index (χ0v) is 10.9. The van der Waals surface area contributed by atoms with E-state index >= 15 is 0 Å². The SMILES string of the molecule is COC(CN)CC(=O)Nc1cccc(SC)c1. The van der Waals surface area contributed by atoms with Crippen molar-refractivity contribution in [1.82, 2.24) is 0 Å². The summed E-state index contributed by atoms with van der Waals surface area (Å²) in [5, 5.41) is 2.83. The highest BCUT2D eigenvalue weighted by molar-refractivity contribution is 7.98. The molecule has 0 saturated heterocycles. The van der Waals surface area contributed by atoms with Crippen LogP contribution in [0.3, 0.4) is 0 Å². The molecule has 0 radical (unpaired) electrons. The Morgan fingerprint density at radius 2 is 2.35 bits per heavy atom. The number of hydrogen-bond acceptors (Lipinski definition) is 4. The van der Waals surface area contributed by atoms with Crippen LogP contribution in [0.1, 0.15) is 6.42 Å². The van der Waals surface area contributed by atoms with Crippen molar-refractivity contribution in [2.24, 2.45) is 5.73 Å². The summed E-state index contributed by atoms with van der Waals surface area (Å²) in [5.41, 5.74) is 6.26. The molecule has 1 amide bonds. The summed E-state index contributed by atoms with van der Waals surface area (Å²) in [6.07, 6.45) is 2.05. The fourth-order valence-corrected chi connectivity index (χ4v) is 1.84. The van der Waals surface area contributed by atoms with Gasteiger partial charge < -0.3 is 15.8 Å². The van der Waals surface area contributed by atoms with Crippen LogP contribution in [0, 0.1) is 0 Å². The van der Waals surface area contributed by atoms with Crippen LogP contribution in [-0.2, 0) is 9.53 Å². The number of thioether (sulfide) groups is 1. The zero-order chi connectivity index (χ0) is 12.7. The van der Waals surface area contributed by atoms with E-state index in [1.807, 2.05) is 30.5 Å². The van der Waals surface area contributed by atoms with E-state index in [4.69, 9.17) is 10.5 Å². The molecule has 0 bridgehead atoms. The molecule has 0 aliphatic rings. The molecule has 4 nitrogen and oxygen atoms in total. The van der Waals surface area contributed by atoms with Crippen LogP contribution < -0.4 is 11.1 Å². The molecule has 0 spiro atoms. The summed E-state index contributed by atoms with van der Waals surface area (Å²) >= 11 is 1.64. The van der Waals surface area contributed by atoms with Gasteiger partial charge in [0, 0.05) is 24.2 Å². The number of nitrogens with one attached hydrogen (secondary N) is 1. The van der Waals surface area contributed by atoms with Crippen molar-refractivity contribution in [2.75, 3.05) is 25.2 Å². The first-order valence-corrected chi connectivity index (χ1v) is 6.58. The van der Waals surface area contributed by atoms with Crippen molar-refractivity contribution in [3.63, 3.8) is 0 Å². The van der Waals surface area contributed by atoms with Crippen LogP contribution in [0.2, 0.25) is 0 Å². The second kappa shape index (κ2) is 7.32. The van der Waals surface area contributed by atoms with Crippen molar-refractivity contribution < 1.29 is 9.53 Å². The van der Waals surface area contributed by atoms with E-state index in [9.17, 15) is 4.79 Å². The Morgan fingerprint density at radius 1 is 1.59 bits per heavy atom. The first kappa shape index (κ1) is 14.0. The van der Waals surface area contributed by atoms with Gasteiger partial charge in [0.2, 0.25) is 5.91 Å². The number of nitrogens with two attached hydrogens (primary N) is 1. The van der Waals surface area contributed by atoms with Crippen LogP contribution >= 0.6 is 11.8 Å². The maximum Gasteiger partial charge on any atom is 0.227 e. The Balaban J connectivity index is 2.55. The van der Waals surface area contributed by atoms with E-state index < -0.39 is 0 Å². The average molecular weight is 254 g/mol. The molecule has 0 aliphatic carbocycles. The third-order valence-corrected chi connectivity index (χ3v) is 3.09. The van der Waals surface area contributed by atoms with Crippen LogP contribution in [0.25, 0.3) is 0 Å². The lowest BCUT2D eigenvalue weighted by atomic mass is 10.2. The quantitative estimate of drug-likeness (QED) is 0.759. The van der Waals surface area contributed by atoms with Crippen molar-refractivity contribution in [3.05, 3.63) is 24.3 Å². The molecule has 0 fully saturated rings. The average Bonchev–Trinajstić information content (AvgIpc) is 2.36. The van der Waals surface area contributed by atoms with Gasteiger partial charge in [-0.1, -0.05) is 6.07 Å². The molecule has 17 heavy (non-hydrogen) atoms. The Labute approximate surface area is 106 Å². The van der Waals surface area contributed by atoms with Gasteiger partial charge in [0.05, 0.1) is 12.5 Å². The molecule has 0 aromatic heterocycles. The lowest BCUT2D eigenvalue weighted by Crippen LogP contribution is -2.28. The van der Waals surface area contributed by atoms with Crippen molar-refractivity contribution >= 4 is 23.4 Å². The van der Waals surface area contributed by atoms with E-state index in [0.717, 1.165) is 10.6 Å². The molecule has 0 saturated carbocycles. The summed E-state index contributed by atoms with van der Waals surface area (Å²) in [6.45, 7) is 0.342. The molecule has 1 atom stereocenters. The number of anilines is 1. The molecule has 1 unspecified atom stereocenters. The van der Waals surface area contributed by atoms with Gasteiger partial charge in [-0.3, -0.25) is 4.79 Å². The van der Waals surface area contributed by atoms with Gasteiger partial charge >= 0.3 is 0 Å². The van der Waals surface area contributed by atoms with Crippen LogP contribution in [0.15, 0.2) is 29.2 Å². The molecular weight excluding hydrogens is 236 g/mol. The first-order chi connectivity index (χ1) is 8.19. The Hall–Kier alpha value is -1.04. The summed E-state index contributed by atoms with van der Waals surface area (Å²) in [7, 11) is 1.55. The highest BCUT2D eigenvalue weighted by Crippen LogP contribution is 2.19. The molecule has 5 heteroatoms.